The molecule has 2 aliphatic rings. The van der Waals surface area contributed by atoms with Crippen molar-refractivity contribution in [3.8, 4) is 0 Å². The average Bonchev–Trinajstić information content (AvgIpc) is 3.22. The topological polar surface area (TPSA) is 117 Å². The molecule has 1 aromatic rings. The van der Waals surface area contributed by atoms with Crippen LogP contribution in [0.1, 0.15) is 44.9 Å². The number of allylic oxidation sites excluding steroid dienone is 4. The third-order valence-corrected chi connectivity index (χ3v) is 5.52. The van der Waals surface area contributed by atoms with Crippen LogP contribution >= 0.6 is 0 Å². The number of amides is 2. The first-order valence-corrected chi connectivity index (χ1v) is 9.76. The molecule has 0 aliphatic heterocycles. The van der Waals surface area contributed by atoms with E-state index >= 15 is 0 Å². The number of aromatic amines is 1. The largest absolute Gasteiger partial charge is 0.333 e. The van der Waals surface area contributed by atoms with Crippen LogP contribution in [-0.2, 0) is 10.0 Å². The molecule has 0 spiro atoms. The molecule has 2 aliphatic carbocycles. The molecule has 2 amide bonds. The van der Waals surface area contributed by atoms with Crippen molar-refractivity contribution in [2.24, 2.45) is 0 Å². The number of nitrogens with zero attached hydrogens (tertiary/aromatic N) is 2. The molecule has 0 atom stereocenters. The highest BCUT2D eigenvalue weighted by Gasteiger charge is 2.25. The lowest BCUT2D eigenvalue weighted by atomic mass is 10.0. The van der Waals surface area contributed by atoms with E-state index in [4.69, 9.17) is 0 Å². The number of carbonyl (C=O) groups is 1. The van der Waals surface area contributed by atoms with Crippen LogP contribution in [0.25, 0.3) is 0 Å². The fraction of sp³-hybridized carbons (Fsp3) is 0.438. The number of H-pyrrole nitrogens is 1. The minimum Gasteiger partial charge on any atom is -0.317 e. The summed E-state index contributed by atoms with van der Waals surface area (Å²) in [5.41, 5.74) is 3.78. The van der Waals surface area contributed by atoms with Crippen molar-refractivity contribution in [3.05, 3.63) is 41.4 Å². The highest BCUT2D eigenvalue weighted by Crippen LogP contribution is 2.36. The minimum absolute atomic E-state index is 0.407. The summed E-state index contributed by atoms with van der Waals surface area (Å²) in [6.45, 7) is 4.09. The van der Waals surface area contributed by atoms with Gasteiger partial charge in [-0.25, -0.2) is 9.52 Å². The van der Waals surface area contributed by atoms with Gasteiger partial charge < -0.3 is 10.3 Å². The van der Waals surface area contributed by atoms with Gasteiger partial charge in [0.25, 0.3) is 5.16 Å². The number of rotatable bonds is 3. The van der Waals surface area contributed by atoms with E-state index in [1.54, 1.807) is 0 Å². The maximum Gasteiger partial charge on any atom is 0.333 e. The van der Waals surface area contributed by atoms with Crippen LogP contribution in [0.2, 0.25) is 0 Å². The molecule has 1 aromatic heterocycles. The second-order valence-corrected chi connectivity index (χ2v) is 7.74. The van der Waals surface area contributed by atoms with Gasteiger partial charge in [-0.05, 0) is 61.7 Å². The summed E-state index contributed by atoms with van der Waals surface area (Å²) >= 11 is 0. The lowest BCUT2D eigenvalue weighted by Gasteiger charge is -2.16. The molecule has 134 valence electrons. The normalized spacial score (nSPS) is 23.7. The first-order valence-electron chi connectivity index (χ1n) is 8.28. The van der Waals surface area contributed by atoms with Gasteiger partial charge in [-0.3, -0.25) is 0 Å². The molecule has 9 heteroatoms. The molecule has 8 nitrogen and oxygen atoms in total. The zero-order valence-electron chi connectivity index (χ0n) is 13.8. The molecule has 0 radical (unpaired) electrons. The highest BCUT2D eigenvalue weighted by atomic mass is 32.2. The van der Waals surface area contributed by atoms with Crippen molar-refractivity contribution in [1.82, 2.24) is 25.2 Å². The van der Waals surface area contributed by atoms with Gasteiger partial charge in [0.15, 0.2) is 0 Å². The van der Waals surface area contributed by atoms with Gasteiger partial charge in [-0.15, -0.1) is 10.2 Å². The molecule has 1 fully saturated rings. The van der Waals surface area contributed by atoms with E-state index in [9.17, 15) is 13.2 Å². The van der Waals surface area contributed by atoms with Crippen molar-refractivity contribution in [2.45, 2.75) is 50.1 Å². The molecule has 25 heavy (non-hydrogen) atoms. The Hall–Kier alpha value is -2.42. The fourth-order valence-corrected chi connectivity index (χ4v) is 3.93. The van der Waals surface area contributed by atoms with Crippen LogP contribution in [-0.4, -0.2) is 29.6 Å². The first-order chi connectivity index (χ1) is 12.0. The third kappa shape index (κ3) is 3.98. The van der Waals surface area contributed by atoms with Gasteiger partial charge >= 0.3 is 16.1 Å². The molecule has 3 rings (SSSR count). The number of nitrogens with one attached hydrogen (secondary N) is 3. The second kappa shape index (κ2) is 7.22. The van der Waals surface area contributed by atoms with Gasteiger partial charge in [0.2, 0.25) is 0 Å². The Morgan fingerprint density at radius 3 is 2.80 bits per heavy atom. The number of aromatic nitrogens is 3. The van der Waals surface area contributed by atoms with Gasteiger partial charge in [0, 0.05) is 5.70 Å². The number of fused-ring (bicyclic) bond motifs is 1. The smallest absolute Gasteiger partial charge is 0.317 e. The Morgan fingerprint density at radius 2 is 2.04 bits per heavy atom. The summed E-state index contributed by atoms with van der Waals surface area (Å²) < 4.78 is 26.1. The molecule has 0 unspecified atom stereocenters. The Kier molecular flexibility index (Phi) is 5.03. The van der Waals surface area contributed by atoms with Crippen LogP contribution < -0.4 is 10.0 Å². The Morgan fingerprint density at radius 1 is 1.20 bits per heavy atom. The predicted molar refractivity (Wildman–Crippen MR) is 91.8 cm³/mol. The summed E-state index contributed by atoms with van der Waals surface area (Å²) in [6.07, 6.45) is 10.1. The van der Waals surface area contributed by atoms with Crippen LogP contribution in [0.15, 0.2) is 46.6 Å². The predicted octanol–water partition coefficient (Wildman–Crippen LogP) is 2.29. The minimum atomic E-state index is -4.09. The van der Waals surface area contributed by atoms with Gasteiger partial charge in [0.1, 0.15) is 6.33 Å². The Balaban J connectivity index is 1.82. The third-order valence-electron chi connectivity index (χ3n) is 4.35. The van der Waals surface area contributed by atoms with Gasteiger partial charge in [0.05, 0.1) is 0 Å². The summed E-state index contributed by atoms with van der Waals surface area (Å²) in [4.78, 5) is 14.6. The van der Waals surface area contributed by atoms with E-state index in [-0.39, 0.29) is 0 Å². The molecule has 0 saturated heterocycles. The molecule has 3 N–H and O–H groups in total. The van der Waals surface area contributed by atoms with Crippen molar-refractivity contribution >= 4 is 16.1 Å². The SMILES string of the molecule is C=C1CCCC/C=C2/CCC/C2=C/1NC(=O)NS(=O)(=O)c1nnc[nH]1. The molecular formula is C16H21N5O3S. The van der Waals surface area contributed by atoms with Crippen molar-refractivity contribution < 1.29 is 13.2 Å². The second-order valence-electron chi connectivity index (χ2n) is 6.14. The molecule has 0 bridgehead atoms. The molecule has 1 saturated carbocycles. The quantitative estimate of drug-likeness (QED) is 0.762. The van der Waals surface area contributed by atoms with E-state index in [1.165, 1.54) is 5.57 Å². The lowest BCUT2D eigenvalue weighted by Crippen LogP contribution is -2.40. The molecule has 0 aromatic carbocycles. The number of hydrogen-bond donors (Lipinski definition) is 3. The number of carbonyl (C=O) groups excluding carboxylic acids is 1. The van der Waals surface area contributed by atoms with Gasteiger partial charge in [-0.2, -0.15) is 8.42 Å². The summed E-state index contributed by atoms with van der Waals surface area (Å²) in [5.74, 6) is 0. The highest BCUT2D eigenvalue weighted by molar-refractivity contribution is 7.89. The monoisotopic (exact) mass is 363 g/mol. The number of sulfonamides is 1. The van der Waals surface area contributed by atoms with E-state index in [0.29, 0.717) is 5.70 Å². The summed E-state index contributed by atoms with van der Waals surface area (Å²) in [6, 6.07) is -0.828. The van der Waals surface area contributed by atoms with E-state index < -0.39 is 21.2 Å². The maximum atomic E-state index is 12.3. The zero-order chi connectivity index (χ0) is 17.9. The number of urea groups is 1. The standard InChI is InChI=1S/C16H21N5O3S/c1-11-6-3-2-4-7-12-8-5-9-13(12)14(11)19-15(22)21-25(23,24)16-17-10-18-20-16/h7,10H,1-6,8-9H2,(H,17,18,20)(H2,19,21,22)/b12-7-,14-13+. The van der Waals surface area contributed by atoms with Crippen molar-refractivity contribution in [2.75, 3.05) is 0 Å². The van der Waals surface area contributed by atoms with Crippen LogP contribution in [0.5, 0.6) is 0 Å². The maximum absolute atomic E-state index is 12.3. The van der Waals surface area contributed by atoms with Crippen LogP contribution in [0.3, 0.4) is 0 Å². The lowest BCUT2D eigenvalue weighted by molar-refractivity contribution is 0.248. The van der Waals surface area contributed by atoms with Crippen LogP contribution in [0, 0.1) is 0 Å². The molecule has 1 heterocycles. The Labute approximate surface area is 146 Å². The first kappa shape index (κ1) is 17.4. The zero-order valence-corrected chi connectivity index (χ0v) is 14.7. The van der Waals surface area contributed by atoms with Gasteiger partial charge in [-0.1, -0.05) is 12.7 Å². The van der Waals surface area contributed by atoms with Crippen LogP contribution in [0.4, 0.5) is 4.79 Å². The fourth-order valence-electron chi connectivity index (χ4n) is 3.17. The summed E-state index contributed by atoms with van der Waals surface area (Å²) in [5, 5.41) is 9.13. The Bertz CT molecular complexity index is 837. The average molecular weight is 363 g/mol. The summed E-state index contributed by atoms with van der Waals surface area (Å²) in [7, 11) is -4.09. The number of hydrogen-bond acceptors (Lipinski definition) is 5. The van der Waals surface area contributed by atoms with E-state index in [0.717, 1.165) is 62.4 Å². The van der Waals surface area contributed by atoms with E-state index in [2.05, 4.69) is 33.2 Å². The van der Waals surface area contributed by atoms with E-state index in [1.807, 2.05) is 4.72 Å². The van der Waals surface area contributed by atoms with Crippen molar-refractivity contribution in [1.29, 1.82) is 0 Å². The van der Waals surface area contributed by atoms with Crippen molar-refractivity contribution in [3.63, 3.8) is 0 Å². The molecular weight excluding hydrogens is 342 g/mol.